The molecule has 1 heterocycles. The molecule has 3 aromatic rings. The number of Topliss-reactive ketones (excluding diaryl/α,β-unsaturated/α-hetero) is 1. The third-order valence-electron chi connectivity index (χ3n) is 3.12. The number of rotatable bonds is 6. The van der Waals surface area contributed by atoms with E-state index < -0.39 is 0 Å². The Bertz CT molecular complexity index is 785. The molecule has 3 rings (SSSR count). The van der Waals surface area contributed by atoms with Crippen LogP contribution in [0.5, 0.6) is 5.88 Å². The van der Waals surface area contributed by atoms with Crippen molar-refractivity contribution in [1.29, 1.82) is 0 Å². The molecule has 0 bridgehead atoms. The second kappa shape index (κ2) is 7.15. The number of benzene rings is 2. The second-order valence-electron chi connectivity index (χ2n) is 4.89. The molecule has 0 fully saturated rings. The van der Waals surface area contributed by atoms with Crippen molar-refractivity contribution in [3.63, 3.8) is 0 Å². The fourth-order valence-corrected chi connectivity index (χ4v) is 2.99. The maximum absolute atomic E-state index is 11.7. The van der Waals surface area contributed by atoms with Gasteiger partial charge in [0.15, 0.2) is 5.78 Å². The lowest BCUT2D eigenvalue weighted by Crippen LogP contribution is -1.97. The number of nitrogens with zero attached hydrogens (tertiary/aromatic N) is 1. The van der Waals surface area contributed by atoms with Crippen LogP contribution < -0.4 is 4.74 Å². The van der Waals surface area contributed by atoms with Crippen LogP contribution in [0.2, 0.25) is 0 Å². The van der Waals surface area contributed by atoms with Crippen molar-refractivity contribution < 1.29 is 14.1 Å². The van der Waals surface area contributed by atoms with E-state index in [2.05, 4.69) is 5.16 Å². The molecule has 23 heavy (non-hydrogen) atoms. The molecule has 0 saturated heterocycles. The zero-order valence-electron chi connectivity index (χ0n) is 12.6. The number of ether oxygens (including phenoxy) is 1. The highest BCUT2D eigenvalue weighted by molar-refractivity contribution is 7.99. The van der Waals surface area contributed by atoms with Crippen molar-refractivity contribution in [1.82, 2.24) is 5.16 Å². The minimum Gasteiger partial charge on any atom is -0.470 e. The summed E-state index contributed by atoms with van der Waals surface area (Å²) in [6, 6.07) is 19.5. The fourth-order valence-electron chi connectivity index (χ4n) is 2.01. The van der Waals surface area contributed by atoms with Gasteiger partial charge in [-0.1, -0.05) is 60.3 Å². The molecule has 0 N–H and O–H groups in total. The van der Waals surface area contributed by atoms with Crippen LogP contribution in [0.1, 0.15) is 23.0 Å². The number of carbonyl (C=O) groups is 1. The average molecular weight is 325 g/mol. The van der Waals surface area contributed by atoms with E-state index in [1.54, 1.807) is 0 Å². The molecule has 0 unspecified atom stereocenters. The minimum atomic E-state index is -0.175. The largest absolute Gasteiger partial charge is 0.470 e. The molecular formula is C18H15NO3S. The van der Waals surface area contributed by atoms with Crippen LogP contribution in [0.4, 0.5) is 0 Å². The molecule has 0 amide bonds. The molecule has 0 aliphatic heterocycles. The summed E-state index contributed by atoms with van der Waals surface area (Å²) >= 11 is 1.41. The molecule has 116 valence electrons. The maximum Gasteiger partial charge on any atom is 0.269 e. The molecule has 2 aromatic carbocycles. The van der Waals surface area contributed by atoms with Crippen molar-refractivity contribution in [3.8, 4) is 5.88 Å². The Kier molecular flexibility index (Phi) is 4.78. The van der Waals surface area contributed by atoms with Crippen molar-refractivity contribution >= 4 is 17.5 Å². The Morgan fingerprint density at radius 2 is 1.74 bits per heavy atom. The maximum atomic E-state index is 11.7. The SMILES string of the molecule is CC(=O)c1onc(OCc2ccccc2)c1Sc1ccccc1. The number of aromatic nitrogens is 1. The van der Waals surface area contributed by atoms with Crippen molar-refractivity contribution in [3.05, 3.63) is 72.0 Å². The summed E-state index contributed by atoms with van der Waals surface area (Å²) in [5, 5.41) is 3.91. The number of carbonyl (C=O) groups excluding carboxylic acids is 1. The van der Waals surface area contributed by atoms with Gasteiger partial charge in [-0.25, -0.2) is 0 Å². The summed E-state index contributed by atoms with van der Waals surface area (Å²) in [6.07, 6.45) is 0. The predicted molar refractivity (Wildman–Crippen MR) is 87.8 cm³/mol. The molecule has 0 spiro atoms. The van der Waals surface area contributed by atoms with Gasteiger partial charge in [0.1, 0.15) is 11.5 Å². The van der Waals surface area contributed by atoms with Gasteiger partial charge in [0.2, 0.25) is 5.76 Å². The van der Waals surface area contributed by atoms with Gasteiger partial charge in [-0.3, -0.25) is 4.79 Å². The molecule has 0 aliphatic carbocycles. The van der Waals surface area contributed by atoms with Crippen LogP contribution in [0.25, 0.3) is 0 Å². The van der Waals surface area contributed by atoms with Crippen molar-refractivity contribution in [2.45, 2.75) is 23.3 Å². The average Bonchev–Trinajstić information content (AvgIpc) is 2.98. The van der Waals surface area contributed by atoms with Crippen LogP contribution in [-0.4, -0.2) is 10.9 Å². The van der Waals surface area contributed by atoms with E-state index in [4.69, 9.17) is 9.26 Å². The lowest BCUT2D eigenvalue weighted by atomic mass is 10.2. The molecule has 1 aromatic heterocycles. The van der Waals surface area contributed by atoms with Crippen molar-refractivity contribution in [2.24, 2.45) is 0 Å². The summed E-state index contributed by atoms with van der Waals surface area (Å²) < 4.78 is 10.9. The Hall–Kier alpha value is -2.53. The standard InChI is InChI=1S/C18H15NO3S/c1-13(20)16-17(23-15-10-6-3-7-11-15)18(19-22-16)21-12-14-8-4-2-5-9-14/h2-11H,12H2,1H3. The molecule has 0 radical (unpaired) electrons. The summed E-state index contributed by atoms with van der Waals surface area (Å²) in [7, 11) is 0. The smallest absolute Gasteiger partial charge is 0.269 e. The van der Waals surface area contributed by atoms with Gasteiger partial charge in [0.25, 0.3) is 5.88 Å². The first-order valence-corrected chi connectivity index (χ1v) is 7.96. The number of ketones is 1. The Morgan fingerprint density at radius 1 is 1.09 bits per heavy atom. The van der Waals surface area contributed by atoms with E-state index in [9.17, 15) is 4.79 Å². The van der Waals surface area contributed by atoms with E-state index in [0.717, 1.165) is 10.5 Å². The first-order valence-electron chi connectivity index (χ1n) is 7.14. The van der Waals surface area contributed by atoms with Gasteiger partial charge < -0.3 is 9.26 Å². The molecule has 0 saturated carbocycles. The van der Waals surface area contributed by atoms with Gasteiger partial charge in [-0.15, -0.1) is 0 Å². The van der Waals surface area contributed by atoms with Crippen LogP contribution in [0.3, 0.4) is 0 Å². The molecule has 0 aliphatic rings. The lowest BCUT2D eigenvalue weighted by Gasteiger charge is -2.05. The first kappa shape index (κ1) is 15.4. The predicted octanol–water partition coefficient (Wildman–Crippen LogP) is 4.61. The highest BCUT2D eigenvalue weighted by atomic mass is 32.2. The zero-order chi connectivity index (χ0) is 16.1. The van der Waals surface area contributed by atoms with Crippen LogP contribution >= 0.6 is 11.8 Å². The third kappa shape index (κ3) is 3.81. The van der Waals surface area contributed by atoms with E-state index in [0.29, 0.717) is 17.4 Å². The zero-order valence-corrected chi connectivity index (χ0v) is 13.4. The first-order chi connectivity index (χ1) is 11.2. The van der Waals surface area contributed by atoms with E-state index >= 15 is 0 Å². The van der Waals surface area contributed by atoms with E-state index in [-0.39, 0.29) is 11.5 Å². The number of hydrogen-bond acceptors (Lipinski definition) is 5. The Labute approximate surface area is 138 Å². The molecular weight excluding hydrogens is 310 g/mol. The molecule has 5 heteroatoms. The van der Waals surface area contributed by atoms with Gasteiger partial charge in [-0.2, -0.15) is 0 Å². The minimum absolute atomic E-state index is 0.175. The lowest BCUT2D eigenvalue weighted by molar-refractivity contribution is 0.0974. The fraction of sp³-hybridized carbons (Fsp3) is 0.111. The van der Waals surface area contributed by atoms with Gasteiger partial charge in [-0.05, 0) is 22.9 Å². The van der Waals surface area contributed by atoms with Gasteiger partial charge in [0.05, 0.1) is 0 Å². The van der Waals surface area contributed by atoms with E-state index in [1.165, 1.54) is 18.7 Å². The topological polar surface area (TPSA) is 52.3 Å². The normalized spacial score (nSPS) is 10.5. The Balaban J connectivity index is 1.83. The summed E-state index contributed by atoms with van der Waals surface area (Å²) in [5.41, 5.74) is 1.02. The molecule has 0 atom stereocenters. The summed E-state index contributed by atoms with van der Waals surface area (Å²) in [4.78, 5) is 13.3. The molecule has 4 nitrogen and oxygen atoms in total. The monoisotopic (exact) mass is 325 g/mol. The highest BCUT2D eigenvalue weighted by Gasteiger charge is 2.22. The van der Waals surface area contributed by atoms with Gasteiger partial charge >= 0.3 is 0 Å². The summed E-state index contributed by atoms with van der Waals surface area (Å²) in [5.74, 6) is 0.389. The third-order valence-corrected chi connectivity index (χ3v) is 4.19. The number of hydrogen-bond donors (Lipinski definition) is 0. The highest BCUT2D eigenvalue weighted by Crippen LogP contribution is 2.37. The second-order valence-corrected chi connectivity index (χ2v) is 5.98. The Morgan fingerprint density at radius 3 is 2.39 bits per heavy atom. The van der Waals surface area contributed by atoms with Crippen LogP contribution in [0, 0.1) is 0 Å². The van der Waals surface area contributed by atoms with Crippen molar-refractivity contribution in [2.75, 3.05) is 0 Å². The quantitative estimate of drug-likeness (QED) is 0.620. The van der Waals surface area contributed by atoms with Gasteiger partial charge in [0, 0.05) is 11.8 Å². The van der Waals surface area contributed by atoms with Crippen LogP contribution in [-0.2, 0) is 6.61 Å². The van der Waals surface area contributed by atoms with E-state index in [1.807, 2.05) is 60.7 Å². The van der Waals surface area contributed by atoms with Crippen LogP contribution in [0.15, 0.2) is 75.0 Å². The summed E-state index contributed by atoms with van der Waals surface area (Å²) in [6.45, 7) is 1.82.